The summed E-state index contributed by atoms with van der Waals surface area (Å²) in [5.74, 6) is 0.561. The smallest absolute Gasteiger partial charge is 0.257 e. The first-order valence-corrected chi connectivity index (χ1v) is 8.98. The normalized spacial score (nSPS) is 10.6. The second-order valence-electron chi connectivity index (χ2n) is 5.83. The molecular formula is C20H20N2O3S. The summed E-state index contributed by atoms with van der Waals surface area (Å²) in [4.78, 5) is 17.0. The fraction of sp³-hybridized carbons (Fsp3) is 0.200. The molecule has 0 bridgehead atoms. The minimum absolute atomic E-state index is 0.194. The van der Waals surface area contributed by atoms with Crippen LogP contribution in [-0.2, 0) is 11.3 Å². The number of anilines is 1. The van der Waals surface area contributed by atoms with Crippen LogP contribution in [0.4, 0.5) is 5.13 Å². The fourth-order valence-corrected chi connectivity index (χ4v) is 3.32. The first-order valence-electron chi connectivity index (χ1n) is 8.10. The number of hydrogen-bond acceptors (Lipinski definition) is 5. The zero-order valence-electron chi connectivity index (χ0n) is 14.9. The Morgan fingerprint density at radius 2 is 2.04 bits per heavy atom. The van der Waals surface area contributed by atoms with Gasteiger partial charge in [0.15, 0.2) is 5.13 Å². The largest absolute Gasteiger partial charge is 0.496 e. The lowest BCUT2D eigenvalue weighted by molar-refractivity contribution is 0.102. The second kappa shape index (κ2) is 8.12. The van der Waals surface area contributed by atoms with E-state index in [1.54, 1.807) is 20.3 Å². The third-order valence-corrected chi connectivity index (χ3v) is 4.61. The molecule has 0 aliphatic heterocycles. The summed E-state index contributed by atoms with van der Waals surface area (Å²) in [7, 11) is 3.26. The molecule has 0 saturated heterocycles. The molecule has 0 fully saturated rings. The molecule has 0 spiro atoms. The van der Waals surface area contributed by atoms with E-state index in [-0.39, 0.29) is 5.91 Å². The van der Waals surface area contributed by atoms with Gasteiger partial charge in [-0.1, -0.05) is 23.8 Å². The summed E-state index contributed by atoms with van der Waals surface area (Å²) in [5, 5.41) is 5.31. The number of nitrogens with zero attached hydrogens (tertiary/aromatic N) is 1. The Kier molecular flexibility index (Phi) is 5.65. The van der Waals surface area contributed by atoms with E-state index in [4.69, 9.17) is 9.47 Å². The van der Waals surface area contributed by atoms with Crippen LogP contribution < -0.4 is 10.1 Å². The van der Waals surface area contributed by atoms with Gasteiger partial charge in [0.25, 0.3) is 5.91 Å². The molecule has 1 N–H and O–H groups in total. The second-order valence-corrected chi connectivity index (χ2v) is 6.69. The Bertz CT molecular complexity index is 921. The summed E-state index contributed by atoms with van der Waals surface area (Å²) >= 11 is 1.38. The average molecular weight is 368 g/mol. The van der Waals surface area contributed by atoms with E-state index in [1.807, 2.05) is 48.7 Å². The molecule has 3 aromatic rings. The minimum Gasteiger partial charge on any atom is -0.496 e. The molecule has 0 aliphatic rings. The predicted molar refractivity (Wildman–Crippen MR) is 104 cm³/mol. The summed E-state index contributed by atoms with van der Waals surface area (Å²) < 4.78 is 10.5. The molecule has 5 nitrogen and oxygen atoms in total. The molecule has 0 aliphatic carbocycles. The molecule has 0 radical (unpaired) electrons. The van der Waals surface area contributed by atoms with Crippen molar-refractivity contribution in [1.82, 2.24) is 4.98 Å². The minimum atomic E-state index is -0.194. The number of amides is 1. The summed E-state index contributed by atoms with van der Waals surface area (Å²) in [5.41, 5.74) is 4.33. The number of ether oxygens (including phenoxy) is 2. The van der Waals surface area contributed by atoms with Crippen molar-refractivity contribution < 1.29 is 14.3 Å². The molecule has 0 saturated carbocycles. The zero-order valence-corrected chi connectivity index (χ0v) is 15.7. The Balaban J connectivity index is 1.79. The van der Waals surface area contributed by atoms with E-state index in [2.05, 4.69) is 10.3 Å². The highest BCUT2D eigenvalue weighted by Crippen LogP contribution is 2.33. The third-order valence-electron chi connectivity index (χ3n) is 3.86. The SMILES string of the molecule is COCc1cccc(C(=O)Nc2nc(-c3cc(C)ccc3OC)cs2)c1. The van der Waals surface area contributed by atoms with Crippen LogP contribution in [0.2, 0.25) is 0 Å². The zero-order chi connectivity index (χ0) is 18.5. The molecule has 1 amide bonds. The standard InChI is InChI=1S/C20H20N2O3S/c1-13-7-8-18(25-3)16(9-13)17-12-26-20(21-17)22-19(23)15-6-4-5-14(10-15)11-24-2/h4-10,12H,11H2,1-3H3,(H,21,22,23). The van der Waals surface area contributed by atoms with Crippen molar-refractivity contribution in [2.45, 2.75) is 13.5 Å². The van der Waals surface area contributed by atoms with Crippen molar-refractivity contribution in [2.24, 2.45) is 0 Å². The van der Waals surface area contributed by atoms with Crippen LogP contribution in [0.3, 0.4) is 0 Å². The Morgan fingerprint density at radius 1 is 1.19 bits per heavy atom. The quantitative estimate of drug-likeness (QED) is 0.695. The number of aromatic nitrogens is 1. The average Bonchev–Trinajstić information content (AvgIpc) is 3.10. The van der Waals surface area contributed by atoms with Gasteiger partial charge in [0, 0.05) is 23.6 Å². The van der Waals surface area contributed by atoms with Crippen molar-refractivity contribution in [1.29, 1.82) is 0 Å². The highest BCUT2D eigenvalue weighted by Gasteiger charge is 2.13. The van der Waals surface area contributed by atoms with Crippen molar-refractivity contribution in [3.05, 3.63) is 64.5 Å². The van der Waals surface area contributed by atoms with Crippen LogP contribution in [0.15, 0.2) is 47.8 Å². The summed E-state index contributed by atoms with van der Waals surface area (Å²) in [6.07, 6.45) is 0. The maximum atomic E-state index is 12.5. The number of benzene rings is 2. The number of rotatable bonds is 6. The summed E-state index contributed by atoms with van der Waals surface area (Å²) in [6.45, 7) is 2.49. The molecule has 2 aromatic carbocycles. The number of carbonyl (C=O) groups is 1. The van der Waals surface area contributed by atoms with Gasteiger partial charge in [-0.05, 0) is 36.8 Å². The fourth-order valence-electron chi connectivity index (χ4n) is 2.62. The van der Waals surface area contributed by atoms with Gasteiger partial charge in [0.2, 0.25) is 0 Å². The number of thiazole rings is 1. The summed E-state index contributed by atoms with van der Waals surface area (Å²) in [6, 6.07) is 13.3. The first kappa shape index (κ1) is 18.1. The lowest BCUT2D eigenvalue weighted by atomic mass is 10.1. The van der Waals surface area contributed by atoms with Crippen molar-refractivity contribution in [2.75, 3.05) is 19.5 Å². The molecule has 1 heterocycles. The molecule has 6 heteroatoms. The van der Waals surface area contributed by atoms with E-state index in [0.717, 1.165) is 28.1 Å². The molecule has 1 aromatic heterocycles. The first-order chi connectivity index (χ1) is 12.6. The lowest BCUT2D eigenvalue weighted by Crippen LogP contribution is -2.12. The van der Waals surface area contributed by atoms with E-state index >= 15 is 0 Å². The number of nitrogens with one attached hydrogen (secondary N) is 1. The Labute approximate surface area is 156 Å². The van der Waals surface area contributed by atoms with Gasteiger partial charge in [-0.2, -0.15) is 0 Å². The number of hydrogen-bond donors (Lipinski definition) is 1. The van der Waals surface area contributed by atoms with Gasteiger partial charge in [-0.25, -0.2) is 4.98 Å². The lowest BCUT2D eigenvalue weighted by Gasteiger charge is -2.07. The van der Waals surface area contributed by atoms with Gasteiger partial charge in [-0.3, -0.25) is 10.1 Å². The van der Waals surface area contributed by atoms with Crippen LogP contribution in [0.25, 0.3) is 11.3 Å². The van der Waals surface area contributed by atoms with Gasteiger partial charge >= 0.3 is 0 Å². The molecular weight excluding hydrogens is 348 g/mol. The van der Waals surface area contributed by atoms with Crippen LogP contribution in [0.1, 0.15) is 21.5 Å². The van der Waals surface area contributed by atoms with Gasteiger partial charge in [0.05, 0.1) is 19.4 Å². The van der Waals surface area contributed by atoms with E-state index < -0.39 is 0 Å². The van der Waals surface area contributed by atoms with Crippen LogP contribution in [-0.4, -0.2) is 25.1 Å². The molecule has 0 unspecified atom stereocenters. The van der Waals surface area contributed by atoms with Crippen LogP contribution in [0.5, 0.6) is 5.75 Å². The third kappa shape index (κ3) is 4.09. The number of carbonyl (C=O) groups excluding carboxylic acids is 1. The van der Waals surface area contributed by atoms with Crippen molar-refractivity contribution in [3.8, 4) is 17.0 Å². The predicted octanol–water partition coefficient (Wildman–Crippen LogP) is 4.53. The molecule has 134 valence electrons. The Morgan fingerprint density at radius 3 is 2.81 bits per heavy atom. The monoisotopic (exact) mass is 368 g/mol. The van der Waals surface area contributed by atoms with Crippen LogP contribution >= 0.6 is 11.3 Å². The van der Waals surface area contributed by atoms with Gasteiger partial charge < -0.3 is 9.47 Å². The van der Waals surface area contributed by atoms with Gasteiger partial charge in [-0.15, -0.1) is 11.3 Å². The highest BCUT2D eigenvalue weighted by atomic mass is 32.1. The van der Waals surface area contributed by atoms with E-state index in [9.17, 15) is 4.79 Å². The van der Waals surface area contributed by atoms with Crippen LogP contribution in [0, 0.1) is 6.92 Å². The molecule has 0 atom stereocenters. The number of aryl methyl sites for hydroxylation is 1. The maximum Gasteiger partial charge on any atom is 0.257 e. The van der Waals surface area contributed by atoms with E-state index in [1.165, 1.54) is 11.3 Å². The van der Waals surface area contributed by atoms with E-state index in [0.29, 0.717) is 17.3 Å². The highest BCUT2D eigenvalue weighted by molar-refractivity contribution is 7.14. The molecule has 26 heavy (non-hydrogen) atoms. The van der Waals surface area contributed by atoms with Crippen molar-refractivity contribution >= 4 is 22.4 Å². The van der Waals surface area contributed by atoms with Gasteiger partial charge in [0.1, 0.15) is 5.75 Å². The maximum absolute atomic E-state index is 12.5. The number of methoxy groups -OCH3 is 2. The van der Waals surface area contributed by atoms with Crippen molar-refractivity contribution in [3.63, 3.8) is 0 Å². The topological polar surface area (TPSA) is 60.5 Å². The molecule has 3 rings (SSSR count). The Hall–Kier alpha value is -2.70.